The summed E-state index contributed by atoms with van der Waals surface area (Å²) >= 11 is 4.24. The number of aryl methyl sites for hydroxylation is 1. The van der Waals surface area contributed by atoms with Gasteiger partial charge in [0.15, 0.2) is 0 Å². The first kappa shape index (κ1) is 20.6. The third-order valence-electron chi connectivity index (χ3n) is 5.74. The Morgan fingerprint density at radius 1 is 1.37 bits per heavy atom. The molecule has 30 heavy (non-hydrogen) atoms. The lowest BCUT2D eigenvalue weighted by Gasteiger charge is -2.22. The van der Waals surface area contributed by atoms with Crippen molar-refractivity contribution in [2.45, 2.75) is 25.3 Å². The molecule has 3 unspecified atom stereocenters. The Hall–Kier alpha value is -1.34. The topological polar surface area (TPSA) is 85.6 Å². The maximum Gasteiger partial charge on any atom is 0.329 e. The molecule has 0 radical (unpaired) electrons. The van der Waals surface area contributed by atoms with Gasteiger partial charge in [-0.25, -0.2) is 17.3 Å². The molecule has 2 aliphatic heterocycles. The first-order valence-corrected chi connectivity index (χ1v) is 12.0. The molecule has 0 bridgehead atoms. The van der Waals surface area contributed by atoms with Gasteiger partial charge in [-0.3, -0.25) is 24.0 Å². The number of piperidine rings is 1. The Morgan fingerprint density at radius 3 is 2.90 bits per heavy atom. The summed E-state index contributed by atoms with van der Waals surface area (Å²) < 4.78 is 16.6. The van der Waals surface area contributed by atoms with Gasteiger partial charge in [0.2, 0.25) is 11.8 Å². The van der Waals surface area contributed by atoms with Crippen LogP contribution in [0.2, 0.25) is 0 Å². The van der Waals surface area contributed by atoms with Crippen LogP contribution in [0.25, 0.3) is 11.0 Å². The quantitative estimate of drug-likeness (QED) is 0.292. The maximum atomic E-state index is 12.9. The van der Waals surface area contributed by atoms with Crippen LogP contribution in [0.4, 0.5) is 5.69 Å². The van der Waals surface area contributed by atoms with E-state index < -0.39 is 20.6 Å². The monoisotopic (exact) mass is 467 g/mol. The number of carbonyl (C=O) groups excluding carboxylic acids is 2. The van der Waals surface area contributed by atoms with Gasteiger partial charge in [-0.15, -0.1) is 0 Å². The molecule has 2 amide bonds. The van der Waals surface area contributed by atoms with Crippen molar-refractivity contribution >= 4 is 64.2 Å². The van der Waals surface area contributed by atoms with Gasteiger partial charge in [0.25, 0.3) is 5.43 Å². The van der Waals surface area contributed by atoms with E-state index in [2.05, 4.69) is 31.8 Å². The molecule has 0 saturated carbocycles. The molecule has 3 heterocycles. The number of nitrogens with zero attached hydrogens (tertiary/aromatic N) is 3. The molecular formula is C18H25BN4O4P2S. The van der Waals surface area contributed by atoms with Gasteiger partial charge in [0, 0.05) is 38.2 Å². The minimum atomic E-state index is -1.30. The van der Waals surface area contributed by atoms with Crippen molar-refractivity contribution in [2.24, 2.45) is 13.0 Å². The number of hydrogen-bond donors (Lipinski definition) is 2. The minimum absolute atomic E-state index is 0.149. The van der Waals surface area contributed by atoms with E-state index in [1.54, 1.807) is 11.6 Å². The fraction of sp³-hybridized carbons (Fsp3) is 0.500. The number of benzene rings is 1. The molecular weight excluding hydrogens is 441 g/mol. The highest BCUT2D eigenvalue weighted by atomic mass is 32.1. The summed E-state index contributed by atoms with van der Waals surface area (Å²) in [6, 6.07) is 5.14. The molecule has 2 saturated heterocycles. The normalized spacial score (nSPS) is 23.6. The van der Waals surface area contributed by atoms with Crippen molar-refractivity contribution < 1.29 is 14.1 Å². The summed E-state index contributed by atoms with van der Waals surface area (Å²) in [6.07, 6.45) is 1.52. The van der Waals surface area contributed by atoms with E-state index in [0.717, 1.165) is 30.7 Å². The highest BCUT2D eigenvalue weighted by Gasteiger charge is 2.31. The SMILES string of the molecule is [2H]P(OC[C@@H]1CCN(c2ccc3c(c2)n(C)c(=O)n3C2CCC(=O)NC2=O)C1)B(P)S. The lowest BCUT2D eigenvalue weighted by Crippen LogP contribution is -2.44. The van der Waals surface area contributed by atoms with Crippen molar-refractivity contribution in [1.29, 1.82) is 1.28 Å². The molecule has 1 aromatic carbocycles. The van der Waals surface area contributed by atoms with Crippen LogP contribution in [0.3, 0.4) is 0 Å². The average molecular weight is 467 g/mol. The van der Waals surface area contributed by atoms with Gasteiger partial charge in [-0.05, 0) is 39.7 Å². The number of fused-ring (bicyclic) bond motifs is 1. The van der Waals surface area contributed by atoms with E-state index in [1.165, 1.54) is 4.57 Å². The van der Waals surface area contributed by atoms with Crippen molar-refractivity contribution in [3.8, 4) is 0 Å². The first-order chi connectivity index (χ1) is 14.8. The molecule has 2 aromatic rings. The molecule has 2 fully saturated rings. The van der Waals surface area contributed by atoms with Crippen LogP contribution < -0.4 is 15.9 Å². The molecule has 8 nitrogen and oxygen atoms in total. The van der Waals surface area contributed by atoms with Crippen LogP contribution in [-0.2, 0) is 21.2 Å². The Bertz CT molecular complexity index is 1080. The summed E-state index contributed by atoms with van der Waals surface area (Å²) in [4.78, 5) is 39.0. The zero-order chi connectivity index (χ0) is 22.3. The second-order valence-electron chi connectivity index (χ2n) is 7.77. The first-order valence-electron chi connectivity index (χ1n) is 10.3. The van der Waals surface area contributed by atoms with Gasteiger partial charge in [0.1, 0.15) is 6.04 Å². The molecule has 4 rings (SSSR count). The van der Waals surface area contributed by atoms with Crippen LogP contribution in [0.5, 0.6) is 0 Å². The van der Waals surface area contributed by atoms with Crippen LogP contribution in [0.1, 0.15) is 25.3 Å². The standard InChI is InChI=1S/C18H25BN4O4P2S/c1-21-15-8-12(22-7-6-11(9-22)10-27-29-19(28)30)2-3-13(15)23(18(21)26)14-4-5-16(24)20-17(14)25/h2-3,8,11,14,29-30H,4-7,9-10,28H2,1H3,(H,20,24,25)/t11-,14?,29?/m1/s1/i29D. The number of nitrogens with one attached hydrogen (secondary N) is 1. The summed E-state index contributed by atoms with van der Waals surface area (Å²) in [5.41, 5.74) is 2.03. The van der Waals surface area contributed by atoms with Crippen LogP contribution >= 0.6 is 30.2 Å². The average Bonchev–Trinajstić information content (AvgIpc) is 3.30. The number of anilines is 1. The highest BCUT2D eigenvalue weighted by Crippen LogP contribution is 2.31. The third-order valence-corrected chi connectivity index (χ3v) is 6.90. The van der Waals surface area contributed by atoms with Gasteiger partial charge in [-0.2, -0.15) is 9.12 Å². The summed E-state index contributed by atoms with van der Waals surface area (Å²) in [5, 5.41) is 2.33. The van der Waals surface area contributed by atoms with E-state index in [0.29, 0.717) is 24.5 Å². The van der Waals surface area contributed by atoms with Crippen LogP contribution in [0, 0.1) is 5.92 Å². The Morgan fingerprint density at radius 2 is 2.17 bits per heavy atom. The van der Waals surface area contributed by atoms with E-state index in [9.17, 15) is 14.4 Å². The molecule has 12 heteroatoms. The molecule has 160 valence electrons. The molecule has 0 spiro atoms. The van der Waals surface area contributed by atoms with Crippen molar-refractivity contribution in [3.05, 3.63) is 28.7 Å². The predicted molar refractivity (Wildman–Crippen MR) is 128 cm³/mol. The van der Waals surface area contributed by atoms with Gasteiger partial charge in [-0.1, -0.05) is 0 Å². The molecule has 4 atom stereocenters. The Balaban J connectivity index is 1.54. The molecule has 1 N–H and O–H groups in total. The molecule has 1 aromatic heterocycles. The van der Waals surface area contributed by atoms with Gasteiger partial charge < -0.3 is 9.42 Å². The minimum Gasteiger partial charge on any atom is -0.371 e. The number of hydrogen-bond acceptors (Lipinski definition) is 6. The van der Waals surface area contributed by atoms with Crippen molar-refractivity contribution in [2.75, 3.05) is 24.6 Å². The largest absolute Gasteiger partial charge is 0.371 e. The second kappa shape index (κ2) is 9.03. The van der Waals surface area contributed by atoms with E-state index in [1.807, 2.05) is 18.2 Å². The number of carbonyl (C=O) groups is 2. The second-order valence-corrected chi connectivity index (χ2v) is 11.5. The van der Waals surface area contributed by atoms with Crippen LogP contribution in [0.15, 0.2) is 23.0 Å². The van der Waals surface area contributed by atoms with Crippen molar-refractivity contribution in [1.82, 2.24) is 14.5 Å². The summed E-state index contributed by atoms with van der Waals surface area (Å²) in [6.45, 7) is 2.25. The molecule has 0 aliphatic carbocycles. The highest BCUT2D eigenvalue weighted by molar-refractivity contribution is 8.40. The van der Waals surface area contributed by atoms with E-state index in [4.69, 9.17) is 5.80 Å². The predicted octanol–water partition coefficient (Wildman–Crippen LogP) is 1.54. The number of imide groups is 1. The zero-order valence-electron chi connectivity index (χ0n) is 17.7. The van der Waals surface area contributed by atoms with E-state index >= 15 is 0 Å². The van der Waals surface area contributed by atoms with E-state index in [-0.39, 0.29) is 23.4 Å². The number of imidazole rings is 1. The fourth-order valence-electron chi connectivity index (χ4n) is 4.21. The fourth-order valence-corrected chi connectivity index (χ4v) is 5.11. The van der Waals surface area contributed by atoms with Crippen molar-refractivity contribution in [3.63, 3.8) is 0 Å². The summed E-state index contributed by atoms with van der Waals surface area (Å²) in [5.74, 6) is -0.384. The van der Waals surface area contributed by atoms with Crippen LogP contribution in [-0.4, -0.2) is 47.4 Å². The van der Waals surface area contributed by atoms with Gasteiger partial charge >= 0.3 is 5.69 Å². The molecule has 2 aliphatic rings. The number of rotatable bonds is 6. The Labute approximate surface area is 185 Å². The number of amides is 2. The number of thiol groups is 1. The number of aromatic nitrogens is 2. The van der Waals surface area contributed by atoms with Gasteiger partial charge in [0.05, 0.1) is 18.9 Å². The summed E-state index contributed by atoms with van der Waals surface area (Å²) in [7, 11) is 2.89. The maximum absolute atomic E-state index is 12.9. The third kappa shape index (κ3) is 4.33. The lowest BCUT2D eigenvalue weighted by molar-refractivity contribution is -0.135. The smallest absolute Gasteiger partial charge is 0.329 e. The lowest BCUT2D eigenvalue weighted by atomic mass is 10.1. The zero-order valence-corrected chi connectivity index (χ0v) is 19.6. The Kier molecular flexibility index (Phi) is 6.19.